The molecule has 3 heterocycles. The summed E-state index contributed by atoms with van der Waals surface area (Å²) in [6, 6.07) is 11.9. The number of fused-ring (bicyclic) bond motifs is 3. The molecule has 1 N–H and O–H groups in total. The van der Waals surface area contributed by atoms with Crippen LogP contribution in [0.15, 0.2) is 35.2 Å². The maximum atomic E-state index is 5.41. The molecule has 1 fully saturated rings. The zero-order valence-electron chi connectivity index (χ0n) is 15.5. The van der Waals surface area contributed by atoms with E-state index in [1.807, 2.05) is 0 Å². The van der Waals surface area contributed by atoms with Gasteiger partial charge in [0.15, 0.2) is 0 Å². The van der Waals surface area contributed by atoms with Crippen LogP contribution in [0.1, 0.15) is 29.9 Å². The molecule has 4 heteroatoms. The van der Waals surface area contributed by atoms with Gasteiger partial charge in [-0.25, -0.2) is 0 Å². The third-order valence-corrected chi connectivity index (χ3v) is 7.40. The monoisotopic (exact) mass is 366 g/mol. The van der Waals surface area contributed by atoms with Gasteiger partial charge in [-0.15, -0.1) is 11.8 Å². The van der Waals surface area contributed by atoms with Crippen molar-refractivity contribution in [2.75, 3.05) is 37.4 Å². The number of nitrogens with zero attached hydrogens (tertiary/aromatic N) is 1. The minimum atomic E-state index is 0.655. The number of aryl methyl sites for hydroxylation is 1. The molecule has 0 radical (unpaired) electrons. The van der Waals surface area contributed by atoms with Crippen LogP contribution in [0, 0.1) is 6.92 Å². The van der Waals surface area contributed by atoms with Gasteiger partial charge in [0.05, 0.1) is 12.8 Å². The fraction of sp³-hybridized carbons (Fsp3) is 0.455. The van der Waals surface area contributed by atoms with Crippen molar-refractivity contribution < 1.29 is 4.74 Å². The Morgan fingerprint density at radius 2 is 2.08 bits per heavy atom. The van der Waals surface area contributed by atoms with Crippen LogP contribution in [-0.4, -0.2) is 38.5 Å². The third kappa shape index (κ3) is 2.46. The van der Waals surface area contributed by atoms with Crippen LogP contribution in [0.3, 0.4) is 0 Å². The van der Waals surface area contributed by atoms with E-state index in [1.165, 1.54) is 46.7 Å². The lowest BCUT2D eigenvalue weighted by Crippen LogP contribution is -2.44. The molecule has 0 bridgehead atoms. The minimum absolute atomic E-state index is 0.655. The highest BCUT2D eigenvalue weighted by Gasteiger charge is 2.42. The molecule has 0 aliphatic carbocycles. The lowest BCUT2D eigenvalue weighted by atomic mass is 9.89. The number of piperidine rings is 1. The molecule has 0 saturated carbocycles. The van der Waals surface area contributed by atoms with E-state index in [0.29, 0.717) is 12.0 Å². The predicted octanol–water partition coefficient (Wildman–Crippen LogP) is 4.43. The fourth-order valence-corrected chi connectivity index (χ4v) is 6.18. The number of methoxy groups -OCH3 is 1. The largest absolute Gasteiger partial charge is 0.497 e. The SMILES string of the molecule is COc1ccc(-c2ccc3c4c2SCCCN4[C@H]2CCNC[C@@H]32)c(C)c1. The molecule has 3 aliphatic heterocycles. The van der Waals surface area contributed by atoms with Crippen LogP contribution < -0.4 is 15.0 Å². The Hall–Kier alpha value is -1.65. The Kier molecular flexibility index (Phi) is 4.13. The van der Waals surface area contributed by atoms with Crippen LogP contribution in [-0.2, 0) is 0 Å². The second kappa shape index (κ2) is 6.50. The number of rotatable bonds is 2. The van der Waals surface area contributed by atoms with Crippen LogP contribution >= 0.6 is 11.8 Å². The zero-order chi connectivity index (χ0) is 17.7. The number of hydrogen-bond donors (Lipinski definition) is 1. The molecule has 2 aromatic rings. The van der Waals surface area contributed by atoms with Gasteiger partial charge < -0.3 is 15.0 Å². The maximum absolute atomic E-state index is 5.41. The normalized spacial score (nSPS) is 24.0. The van der Waals surface area contributed by atoms with Gasteiger partial charge in [-0.05, 0) is 66.4 Å². The van der Waals surface area contributed by atoms with Gasteiger partial charge in [0.1, 0.15) is 5.75 Å². The van der Waals surface area contributed by atoms with E-state index < -0.39 is 0 Å². The Morgan fingerprint density at radius 1 is 1.19 bits per heavy atom. The van der Waals surface area contributed by atoms with Gasteiger partial charge in [0.25, 0.3) is 0 Å². The fourth-order valence-electron chi connectivity index (χ4n) is 4.99. The van der Waals surface area contributed by atoms with Crippen LogP contribution in [0.2, 0.25) is 0 Å². The average molecular weight is 367 g/mol. The highest BCUT2D eigenvalue weighted by atomic mass is 32.2. The van der Waals surface area contributed by atoms with Gasteiger partial charge in [0.2, 0.25) is 0 Å². The van der Waals surface area contributed by atoms with E-state index in [1.54, 1.807) is 18.4 Å². The van der Waals surface area contributed by atoms with E-state index in [2.05, 4.69) is 59.2 Å². The number of nitrogens with one attached hydrogen (secondary N) is 1. The van der Waals surface area contributed by atoms with Crippen molar-refractivity contribution in [2.45, 2.75) is 36.6 Å². The standard InChI is InChI=1S/C22H26N2OS/c1-14-12-15(25-2)4-5-16(14)18-7-6-17-19-13-23-9-8-20(19)24-10-3-11-26-22(18)21(17)24/h4-7,12,19-20,23H,3,8-11,13H2,1-2H3/t19-,20-/m0/s1. The van der Waals surface area contributed by atoms with Crippen molar-refractivity contribution in [3.05, 3.63) is 41.5 Å². The summed E-state index contributed by atoms with van der Waals surface area (Å²) in [7, 11) is 1.74. The van der Waals surface area contributed by atoms with Gasteiger partial charge in [-0.1, -0.05) is 18.2 Å². The zero-order valence-corrected chi connectivity index (χ0v) is 16.4. The van der Waals surface area contributed by atoms with Crippen molar-refractivity contribution in [3.63, 3.8) is 0 Å². The summed E-state index contributed by atoms with van der Waals surface area (Å²) < 4.78 is 5.41. The maximum Gasteiger partial charge on any atom is 0.119 e. The Balaban J connectivity index is 1.68. The molecule has 0 amide bonds. The molecule has 26 heavy (non-hydrogen) atoms. The number of thioether (sulfide) groups is 1. The summed E-state index contributed by atoms with van der Waals surface area (Å²) in [5.41, 5.74) is 7.13. The Labute approximate surface area is 160 Å². The molecular weight excluding hydrogens is 340 g/mol. The smallest absolute Gasteiger partial charge is 0.119 e. The first-order valence-electron chi connectivity index (χ1n) is 9.70. The Morgan fingerprint density at radius 3 is 2.92 bits per heavy atom. The first-order chi connectivity index (χ1) is 12.8. The first-order valence-corrected chi connectivity index (χ1v) is 10.7. The second-order valence-electron chi connectivity index (χ2n) is 7.62. The summed E-state index contributed by atoms with van der Waals surface area (Å²) in [6.45, 7) is 5.68. The van der Waals surface area contributed by atoms with Crippen LogP contribution in [0.4, 0.5) is 5.69 Å². The highest BCUT2D eigenvalue weighted by Crippen LogP contribution is 2.52. The van der Waals surface area contributed by atoms with Crippen molar-refractivity contribution in [2.24, 2.45) is 0 Å². The number of ether oxygens (including phenoxy) is 1. The van der Waals surface area contributed by atoms with Crippen molar-refractivity contribution in [3.8, 4) is 16.9 Å². The predicted molar refractivity (Wildman–Crippen MR) is 110 cm³/mol. The van der Waals surface area contributed by atoms with E-state index in [0.717, 1.165) is 18.8 Å². The van der Waals surface area contributed by atoms with E-state index in [-0.39, 0.29) is 0 Å². The van der Waals surface area contributed by atoms with Gasteiger partial charge in [-0.2, -0.15) is 0 Å². The Bertz CT molecular complexity index is 850. The summed E-state index contributed by atoms with van der Waals surface area (Å²) in [5, 5.41) is 3.62. The highest BCUT2D eigenvalue weighted by molar-refractivity contribution is 7.99. The molecule has 0 spiro atoms. The van der Waals surface area contributed by atoms with E-state index >= 15 is 0 Å². The molecular formula is C22H26N2OS. The van der Waals surface area contributed by atoms with Crippen LogP contribution in [0.5, 0.6) is 5.75 Å². The molecule has 3 nitrogen and oxygen atoms in total. The molecule has 3 aliphatic rings. The van der Waals surface area contributed by atoms with Gasteiger partial charge in [0, 0.05) is 29.9 Å². The summed E-state index contributed by atoms with van der Waals surface area (Å²) in [6.07, 6.45) is 2.54. The second-order valence-corrected chi connectivity index (χ2v) is 8.73. The third-order valence-electron chi connectivity index (χ3n) is 6.21. The van der Waals surface area contributed by atoms with Crippen molar-refractivity contribution in [1.29, 1.82) is 0 Å². The average Bonchev–Trinajstić information content (AvgIpc) is 2.83. The molecule has 1 saturated heterocycles. The summed E-state index contributed by atoms with van der Waals surface area (Å²) in [5.74, 6) is 2.80. The lowest BCUT2D eigenvalue weighted by Gasteiger charge is -2.33. The summed E-state index contributed by atoms with van der Waals surface area (Å²) >= 11 is 2.06. The molecule has 0 aromatic heterocycles. The number of hydrogen-bond acceptors (Lipinski definition) is 4. The van der Waals surface area contributed by atoms with Gasteiger partial charge >= 0.3 is 0 Å². The van der Waals surface area contributed by atoms with Gasteiger partial charge in [-0.3, -0.25) is 0 Å². The summed E-state index contributed by atoms with van der Waals surface area (Å²) in [4.78, 5) is 4.25. The lowest BCUT2D eigenvalue weighted by molar-refractivity contribution is 0.403. The molecule has 136 valence electrons. The minimum Gasteiger partial charge on any atom is -0.497 e. The number of benzene rings is 2. The quantitative estimate of drug-likeness (QED) is 0.850. The topological polar surface area (TPSA) is 24.5 Å². The first kappa shape index (κ1) is 16.5. The molecule has 2 aromatic carbocycles. The van der Waals surface area contributed by atoms with E-state index in [4.69, 9.17) is 4.74 Å². The molecule has 0 unspecified atom stereocenters. The molecule has 2 atom stereocenters. The number of anilines is 1. The van der Waals surface area contributed by atoms with Crippen LogP contribution in [0.25, 0.3) is 11.1 Å². The van der Waals surface area contributed by atoms with E-state index in [9.17, 15) is 0 Å². The van der Waals surface area contributed by atoms with Crippen molar-refractivity contribution >= 4 is 17.4 Å². The van der Waals surface area contributed by atoms with Crippen molar-refractivity contribution in [1.82, 2.24) is 5.32 Å². The molecule has 5 rings (SSSR count).